The number of amides is 2. The van der Waals surface area contributed by atoms with Crippen LogP contribution in [0.3, 0.4) is 0 Å². The van der Waals surface area contributed by atoms with Crippen LogP contribution >= 0.6 is 23.2 Å². The van der Waals surface area contributed by atoms with Crippen molar-refractivity contribution >= 4 is 40.7 Å². The number of halogens is 2. The third-order valence-electron chi connectivity index (χ3n) is 2.90. The molecule has 1 aromatic rings. The van der Waals surface area contributed by atoms with E-state index in [2.05, 4.69) is 10.6 Å². The van der Waals surface area contributed by atoms with Crippen molar-refractivity contribution < 1.29 is 14.3 Å². The van der Waals surface area contributed by atoms with E-state index in [0.29, 0.717) is 28.9 Å². The van der Waals surface area contributed by atoms with Crippen molar-refractivity contribution in [1.29, 1.82) is 0 Å². The summed E-state index contributed by atoms with van der Waals surface area (Å²) in [6.07, 6.45) is 1.86. The molecule has 20 heavy (non-hydrogen) atoms. The molecule has 1 heterocycles. The molecule has 108 valence electrons. The van der Waals surface area contributed by atoms with Gasteiger partial charge in [-0.3, -0.25) is 9.59 Å². The average molecular weight is 317 g/mol. The van der Waals surface area contributed by atoms with Crippen LogP contribution in [0, 0.1) is 0 Å². The van der Waals surface area contributed by atoms with Gasteiger partial charge in [0, 0.05) is 18.2 Å². The Balaban J connectivity index is 1.87. The average Bonchev–Trinajstić information content (AvgIpc) is 2.93. The maximum atomic E-state index is 11.7. The number of carbonyl (C=O) groups excluding carboxylic acids is 2. The van der Waals surface area contributed by atoms with Gasteiger partial charge in [0.05, 0.1) is 16.8 Å². The first-order valence-corrected chi connectivity index (χ1v) is 6.97. The summed E-state index contributed by atoms with van der Waals surface area (Å²) in [6.45, 7) is 1.03. The molecule has 2 amide bonds. The zero-order chi connectivity index (χ0) is 14.5. The summed E-state index contributed by atoms with van der Waals surface area (Å²) in [5.41, 5.74) is 0.302. The molecule has 0 spiro atoms. The lowest BCUT2D eigenvalue weighted by Gasteiger charge is -2.11. The molecule has 2 N–H and O–H groups in total. The Bertz CT molecular complexity index is 516. The molecule has 0 bridgehead atoms. The molecule has 0 unspecified atom stereocenters. The minimum absolute atomic E-state index is 0.0125. The van der Waals surface area contributed by atoms with Crippen LogP contribution in [-0.4, -0.2) is 31.1 Å². The number of ether oxygens (including phenoxy) is 1. The zero-order valence-corrected chi connectivity index (χ0v) is 12.1. The molecule has 1 aliphatic rings. The molecule has 0 radical (unpaired) electrons. The van der Waals surface area contributed by atoms with Crippen LogP contribution in [0.1, 0.15) is 12.8 Å². The molecule has 2 rings (SSSR count). The third kappa shape index (κ3) is 4.10. The van der Waals surface area contributed by atoms with Crippen molar-refractivity contribution in [3.8, 4) is 0 Å². The van der Waals surface area contributed by atoms with Gasteiger partial charge in [-0.1, -0.05) is 23.2 Å². The molecule has 0 saturated carbocycles. The smallest absolute Gasteiger partial charge is 0.313 e. The lowest BCUT2D eigenvalue weighted by molar-refractivity contribution is -0.136. The van der Waals surface area contributed by atoms with Gasteiger partial charge in [0.15, 0.2) is 0 Å². The number of carbonyl (C=O) groups is 2. The van der Waals surface area contributed by atoms with Gasteiger partial charge < -0.3 is 15.4 Å². The predicted molar refractivity (Wildman–Crippen MR) is 77.1 cm³/mol. The van der Waals surface area contributed by atoms with E-state index in [1.807, 2.05) is 0 Å². The number of hydrogen-bond acceptors (Lipinski definition) is 3. The summed E-state index contributed by atoms with van der Waals surface area (Å²) in [4.78, 5) is 23.4. The van der Waals surface area contributed by atoms with E-state index in [9.17, 15) is 9.59 Å². The third-order valence-corrected chi connectivity index (χ3v) is 3.46. The second-order valence-electron chi connectivity index (χ2n) is 4.42. The summed E-state index contributed by atoms with van der Waals surface area (Å²) >= 11 is 11.7. The Labute approximate surface area is 126 Å². The van der Waals surface area contributed by atoms with Gasteiger partial charge in [0.1, 0.15) is 0 Å². The van der Waals surface area contributed by atoms with E-state index in [0.717, 1.165) is 12.8 Å². The van der Waals surface area contributed by atoms with Crippen LogP contribution in [0.4, 0.5) is 5.69 Å². The number of anilines is 1. The van der Waals surface area contributed by atoms with Gasteiger partial charge in [-0.25, -0.2) is 0 Å². The molecule has 0 aromatic heterocycles. The highest BCUT2D eigenvalue weighted by molar-refractivity contribution is 6.42. The number of rotatable bonds is 3. The van der Waals surface area contributed by atoms with Crippen LogP contribution < -0.4 is 10.6 Å². The lowest BCUT2D eigenvalue weighted by atomic mass is 10.2. The lowest BCUT2D eigenvalue weighted by Crippen LogP contribution is -2.39. The Morgan fingerprint density at radius 3 is 2.80 bits per heavy atom. The molecular weight excluding hydrogens is 303 g/mol. The zero-order valence-electron chi connectivity index (χ0n) is 10.6. The fourth-order valence-corrected chi connectivity index (χ4v) is 2.20. The van der Waals surface area contributed by atoms with E-state index in [-0.39, 0.29) is 6.10 Å². The highest BCUT2D eigenvalue weighted by atomic mass is 35.5. The Morgan fingerprint density at radius 1 is 1.30 bits per heavy atom. The van der Waals surface area contributed by atoms with Crippen LogP contribution in [-0.2, 0) is 14.3 Å². The molecular formula is C13H14Cl2N2O3. The van der Waals surface area contributed by atoms with E-state index in [4.69, 9.17) is 27.9 Å². The van der Waals surface area contributed by atoms with Crippen molar-refractivity contribution in [3.05, 3.63) is 28.2 Å². The summed E-state index contributed by atoms with van der Waals surface area (Å²) in [6, 6.07) is 4.62. The van der Waals surface area contributed by atoms with Gasteiger partial charge in [0.2, 0.25) is 0 Å². The summed E-state index contributed by atoms with van der Waals surface area (Å²) < 4.78 is 5.35. The van der Waals surface area contributed by atoms with Crippen molar-refractivity contribution in [1.82, 2.24) is 5.32 Å². The SMILES string of the molecule is O=C(NC[C@H]1CCCO1)C(=O)Nc1cc(Cl)ccc1Cl. The van der Waals surface area contributed by atoms with Gasteiger partial charge in [-0.2, -0.15) is 0 Å². The Morgan fingerprint density at radius 2 is 2.10 bits per heavy atom. The van der Waals surface area contributed by atoms with E-state index >= 15 is 0 Å². The molecule has 1 aromatic carbocycles. The fourth-order valence-electron chi connectivity index (χ4n) is 1.86. The van der Waals surface area contributed by atoms with Gasteiger partial charge in [-0.05, 0) is 31.0 Å². The number of benzene rings is 1. The molecule has 1 atom stereocenters. The van der Waals surface area contributed by atoms with E-state index in [1.54, 1.807) is 12.1 Å². The first kappa shape index (κ1) is 15.1. The molecule has 1 aliphatic heterocycles. The van der Waals surface area contributed by atoms with Gasteiger partial charge >= 0.3 is 11.8 Å². The molecule has 1 saturated heterocycles. The number of hydrogen-bond donors (Lipinski definition) is 2. The maximum Gasteiger partial charge on any atom is 0.313 e. The van der Waals surface area contributed by atoms with Crippen LogP contribution in [0.2, 0.25) is 10.0 Å². The normalized spacial score (nSPS) is 17.8. The summed E-state index contributed by atoms with van der Waals surface area (Å²) in [5, 5.41) is 5.68. The van der Waals surface area contributed by atoms with E-state index < -0.39 is 11.8 Å². The van der Waals surface area contributed by atoms with E-state index in [1.165, 1.54) is 6.07 Å². The first-order valence-electron chi connectivity index (χ1n) is 6.22. The topological polar surface area (TPSA) is 67.4 Å². The van der Waals surface area contributed by atoms with Crippen molar-refractivity contribution in [3.63, 3.8) is 0 Å². The maximum absolute atomic E-state index is 11.7. The van der Waals surface area contributed by atoms with Crippen LogP contribution in [0.25, 0.3) is 0 Å². The summed E-state index contributed by atoms with van der Waals surface area (Å²) in [7, 11) is 0. The molecule has 0 aliphatic carbocycles. The standard InChI is InChI=1S/C13H14Cl2N2O3/c14-8-3-4-10(15)11(6-8)17-13(19)12(18)16-7-9-2-1-5-20-9/h3-4,6,9H,1-2,5,7H2,(H,16,18)(H,17,19)/t9-/m1/s1. The second-order valence-corrected chi connectivity index (χ2v) is 5.27. The van der Waals surface area contributed by atoms with Crippen molar-refractivity contribution in [2.45, 2.75) is 18.9 Å². The molecule has 7 heteroatoms. The van der Waals surface area contributed by atoms with Crippen molar-refractivity contribution in [2.75, 3.05) is 18.5 Å². The summed E-state index contributed by atoms with van der Waals surface area (Å²) in [5.74, 6) is -1.51. The monoisotopic (exact) mass is 316 g/mol. The van der Waals surface area contributed by atoms with Crippen molar-refractivity contribution in [2.24, 2.45) is 0 Å². The van der Waals surface area contributed by atoms with Gasteiger partial charge in [0.25, 0.3) is 0 Å². The van der Waals surface area contributed by atoms with Crippen LogP contribution in [0.15, 0.2) is 18.2 Å². The fraction of sp³-hybridized carbons (Fsp3) is 0.385. The number of nitrogens with one attached hydrogen (secondary N) is 2. The largest absolute Gasteiger partial charge is 0.376 e. The minimum atomic E-state index is -0.785. The highest BCUT2D eigenvalue weighted by Crippen LogP contribution is 2.25. The molecule has 1 fully saturated rings. The predicted octanol–water partition coefficient (Wildman–Crippen LogP) is 2.23. The molecule has 5 nitrogen and oxygen atoms in total. The Kier molecular flexibility index (Phi) is 5.23. The first-order chi connectivity index (χ1) is 9.56. The van der Waals surface area contributed by atoms with Gasteiger partial charge in [-0.15, -0.1) is 0 Å². The Hall–Kier alpha value is -1.30. The van der Waals surface area contributed by atoms with Crippen LogP contribution in [0.5, 0.6) is 0 Å². The minimum Gasteiger partial charge on any atom is -0.376 e. The quantitative estimate of drug-likeness (QED) is 0.840. The second kappa shape index (κ2) is 6.92. The highest BCUT2D eigenvalue weighted by Gasteiger charge is 2.19.